The number of phenols is 1. The number of hydrogen-bond donors (Lipinski definition) is 1. The smallest absolute Gasteiger partial charge is 0.153 e. The van der Waals surface area contributed by atoms with E-state index < -0.39 is 0 Å². The molecule has 4 rings (SSSR count). The predicted octanol–water partition coefficient (Wildman–Crippen LogP) is 4.35. The zero-order valence-electron chi connectivity index (χ0n) is 12.7. The van der Waals surface area contributed by atoms with Crippen molar-refractivity contribution in [3.63, 3.8) is 0 Å². The number of imidazole rings is 1. The maximum absolute atomic E-state index is 9.40. The fraction of sp³-hybridized carbons (Fsp3) is 0.0526. The average molecular weight is 336 g/mol. The van der Waals surface area contributed by atoms with Crippen LogP contribution in [0.2, 0.25) is 5.02 Å². The van der Waals surface area contributed by atoms with Gasteiger partial charge in [0, 0.05) is 17.0 Å². The summed E-state index contributed by atoms with van der Waals surface area (Å²) < 4.78 is 1.86. The monoisotopic (exact) mass is 335 g/mol. The van der Waals surface area contributed by atoms with E-state index in [0.717, 1.165) is 28.2 Å². The molecule has 0 amide bonds. The van der Waals surface area contributed by atoms with Gasteiger partial charge in [0.25, 0.3) is 0 Å². The van der Waals surface area contributed by atoms with Crippen molar-refractivity contribution in [2.24, 2.45) is 0 Å². The third-order valence-electron chi connectivity index (χ3n) is 3.89. The minimum atomic E-state index is 0.264. The van der Waals surface area contributed by atoms with Gasteiger partial charge in [0.2, 0.25) is 0 Å². The second-order valence-corrected chi connectivity index (χ2v) is 6.02. The van der Waals surface area contributed by atoms with Crippen molar-refractivity contribution in [3.05, 3.63) is 83.1 Å². The van der Waals surface area contributed by atoms with E-state index in [1.165, 1.54) is 0 Å². The molecule has 0 radical (unpaired) electrons. The van der Waals surface area contributed by atoms with Crippen LogP contribution in [0.1, 0.15) is 11.3 Å². The van der Waals surface area contributed by atoms with E-state index >= 15 is 0 Å². The summed E-state index contributed by atoms with van der Waals surface area (Å²) in [5.74, 6) is 0.264. The summed E-state index contributed by atoms with van der Waals surface area (Å²) in [6.07, 6.45) is 2.53. The van der Waals surface area contributed by atoms with Crippen LogP contribution in [0.15, 0.2) is 66.9 Å². The molecule has 24 heavy (non-hydrogen) atoms. The van der Waals surface area contributed by atoms with Gasteiger partial charge in [-0.05, 0) is 42.0 Å². The van der Waals surface area contributed by atoms with Crippen LogP contribution in [0.25, 0.3) is 16.9 Å². The van der Waals surface area contributed by atoms with Crippen LogP contribution in [0.4, 0.5) is 0 Å². The van der Waals surface area contributed by atoms with Gasteiger partial charge in [-0.2, -0.15) is 5.10 Å². The van der Waals surface area contributed by atoms with E-state index in [0.29, 0.717) is 11.4 Å². The van der Waals surface area contributed by atoms with Crippen molar-refractivity contribution in [3.8, 4) is 17.0 Å². The molecule has 2 aromatic heterocycles. The molecule has 2 aromatic carbocycles. The molecule has 4 nitrogen and oxygen atoms in total. The minimum absolute atomic E-state index is 0.264. The third kappa shape index (κ3) is 2.84. The molecule has 0 atom stereocenters. The third-order valence-corrected chi connectivity index (χ3v) is 4.15. The number of aromatic hydroxyl groups is 1. The Morgan fingerprint density at radius 2 is 1.67 bits per heavy atom. The fourth-order valence-corrected chi connectivity index (χ4v) is 2.76. The minimum Gasteiger partial charge on any atom is -0.508 e. The first-order chi connectivity index (χ1) is 11.7. The highest BCUT2D eigenvalue weighted by atomic mass is 35.5. The molecule has 2 heterocycles. The van der Waals surface area contributed by atoms with Gasteiger partial charge >= 0.3 is 0 Å². The lowest BCUT2D eigenvalue weighted by Crippen LogP contribution is -2.00. The molecule has 0 saturated carbocycles. The summed E-state index contributed by atoms with van der Waals surface area (Å²) in [5.41, 5.74) is 4.76. The number of phenolic OH excluding ortho intramolecular Hbond substituents is 1. The van der Waals surface area contributed by atoms with Crippen LogP contribution in [-0.4, -0.2) is 19.7 Å². The van der Waals surface area contributed by atoms with Gasteiger partial charge < -0.3 is 5.11 Å². The lowest BCUT2D eigenvalue weighted by molar-refractivity contribution is 0.475. The van der Waals surface area contributed by atoms with Gasteiger partial charge in [-0.25, -0.2) is 9.50 Å². The number of rotatable bonds is 3. The molecule has 5 heteroatoms. The first-order valence-electron chi connectivity index (χ1n) is 7.56. The van der Waals surface area contributed by atoms with Crippen LogP contribution in [0.3, 0.4) is 0 Å². The Morgan fingerprint density at radius 1 is 0.917 bits per heavy atom. The van der Waals surface area contributed by atoms with E-state index in [1.807, 2.05) is 59.2 Å². The Morgan fingerprint density at radius 3 is 2.42 bits per heavy atom. The van der Waals surface area contributed by atoms with Crippen LogP contribution in [0, 0.1) is 0 Å². The summed E-state index contributed by atoms with van der Waals surface area (Å²) in [7, 11) is 0. The fourth-order valence-electron chi connectivity index (χ4n) is 2.64. The Kier molecular flexibility index (Phi) is 3.67. The highest BCUT2D eigenvalue weighted by Gasteiger charge is 2.08. The number of aromatic nitrogens is 3. The van der Waals surface area contributed by atoms with Crippen LogP contribution >= 0.6 is 11.6 Å². The van der Waals surface area contributed by atoms with Gasteiger partial charge in [0.15, 0.2) is 5.65 Å². The lowest BCUT2D eigenvalue weighted by atomic mass is 10.1. The van der Waals surface area contributed by atoms with Gasteiger partial charge in [-0.15, -0.1) is 0 Å². The zero-order valence-corrected chi connectivity index (χ0v) is 13.5. The number of fused-ring (bicyclic) bond motifs is 1. The maximum atomic E-state index is 9.40. The second kappa shape index (κ2) is 5.98. The van der Waals surface area contributed by atoms with Crippen molar-refractivity contribution in [2.45, 2.75) is 6.42 Å². The molecular weight excluding hydrogens is 322 g/mol. The standard InChI is InChI=1S/C19H14ClN3O/c20-15-5-3-14(4-6-15)18-9-10-19-21-12-16(23(19)22-18)11-13-1-7-17(24)8-2-13/h1-10,12,24H,11H2. The molecule has 0 saturated heterocycles. The molecular formula is C19H14ClN3O. The predicted molar refractivity (Wildman–Crippen MR) is 94.3 cm³/mol. The molecule has 0 aliphatic heterocycles. The van der Waals surface area contributed by atoms with Crippen molar-refractivity contribution in [1.82, 2.24) is 14.6 Å². The Balaban J connectivity index is 1.73. The van der Waals surface area contributed by atoms with Crippen molar-refractivity contribution < 1.29 is 5.11 Å². The van der Waals surface area contributed by atoms with Crippen LogP contribution in [0.5, 0.6) is 5.75 Å². The van der Waals surface area contributed by atoms with Crippen molar-refractivity contribution in [2.75, 3.05) is 0 Å². The Bertz CT molecular complexity index is 991. The van der Waals surface area contributed by atoms with Gasteiger partial charge in [-0.3, -0.25) is 0 Å². The number of benzene rings is 2. The summed E-state index contributed by atoms with van der Waals surface area (Å²) >= 11 is 5.95. The quantitative estimate of drug-likeness (QED) is 0.605. The highest BCUT2D eigenvalue weighted by Crippen LogP contribution is 2.21. The second-order valence-electron chi connectivity index (χ2n) is 5.59. The number of hydrogen-bond acceptors (Lipinski definition) is 3. The zero-order chi connectivity index (χ0) is 16.5. The van der Waals surface area contributed by atoms with E-state index in [2.05, 4.69) is 4.98 Å². The Hall–Kier alpha value is -2.85. The van der Waals surface area contributed by atoms with Crippen molar-refractivity contribution in [1.29, 1.82) is 0 Å². The molecule has 4 aromatic rings. The normalized spacial score (nSPS) is 11.0. The molecule has 0 unspecified atom stereocenters. The van der Waals surface area contributed by atoms with Crippen LogP contribution < -0.4 is 0 Å². The largest absolute Gasteiger partial charge is 0.508 e. The molecule has 0 fully saturated rings. The molecule has 118 valence electrons. The SMILES string of the molecule is Oc1ccc(Cc2cnc3ccc(-c4ccc(Cl)cc4)nn23)cc1. The summed E-state index contributed by atoms with van der Waals surface area (Å²) in [6, 6.07) is 18.7. The van der Waals surface area contributed by atoms with E-state index in [-0.39, 0.29) is 5.75 Å². The van der Waals surface area contributed by atoms with Crippen molar-refractivity contribution >= 4 is 17.2 Å². The van der Waals surface area contributed by atoms with Gasteiger partial charge in [0.1, 0.15) is 5.75 Å². The summed E-state index contributed by atoms with van der Waals surface area (Å²) in [5, 5.41) is 14.8. The van der Waals surface area contributed by atoms with Gasteiger partial charge in [0.05, 0.1) is 17.6 Å². The van der Waals surface area contributed by atoms with E-state index in [4.69, 9.17) is 16.7 Å². The molecule has 0 bridgehead atoms. The summed E-state index contributed by atoms with van der Waals surface area (Å²) in [6.45, 7) is 0. The van der Waals surface area contributed by atoms with E-state index in [1.54, 1.807) is 12.1 Å². The lowest BCUT2D eigenvalue weighted by Gasteiger charge is -2.05. The Labute approximate surface area is 144 Å². The first kappa shape index (κ1) is 14.7. The number of halogens is 1. The molecule has 0 aliphatic rings. The van der Waals surface area contributed by atoms with Crippen LogP contribution in [-0.2, 0) is 6.42 Å². The van der Waals surface area contributed by atoms with Gasteiger partial charge in [-0.1, -0.05) is 35.9 Å². The molecule has 0 spiro atoms. The first-order valence-corrected chi connectivity index (χ1v) is 7.94. The van der Waals surface area contributed by atoms with E-state index in [9.17, 15) is 5.11 Å². The summed E-state index contributed by atoms with van der Waals surface area (Å²) in [4.78, 5) is 4.41. The highest BCUT2D eigenvalue weighted by molar-refractivity contribution is 6.30. The molecule has 0 aliphatic carbocycles. The maximum Gasteiger partial charge on any atom is 0.153 e. The topological polar surface area (TPSA) is 50.4 Å². The molecule has 1 N–H and O–H groups in total. The average Bonchev–Trinajstić information content (AvgIpc) is 3.00. The number of nitrogens with zero attached hydrogens (tertiary/aromatic N) is 3.